The van der Waals surface area contributed by atoms with Gasteiger partial charge in [-0.05, 0) is 27.6 Å². The van der Waals surface area contributed by atoms with Crippen LogP contribution in [0.1, 0.15) is 20.8 Å². The predicted molar refractivity (Wildman–Crippen MR) is 113 cm³/mol. The lowest BCUT2D eigenvalue weighted by Gasteiger charge is -2.33. The molecule has 1 atom stereocenters. The number of carbonyl (C=O) groups excluding carboxylic acids is 2. The van der Waals surface area contributed by atoms with Crippen LogP contribution in [0.25, 0.3) is 0 Å². The maximum atomic E-state index is 13.5. The van der Waals surface area contributed by atoms with Crippen LogP contribution >= 0.6 is 27.3 Å². The number of benzene rings is 1. The molecular formula is C19H18BrN3O7S. The quantitative estimate of drug-likeness (QED) is 0.252. The molecule has 2 aromatic rings. The van der Waals surface area contributed by atoms with Gasteiger partial charge >= 0.3 is 5.97 Å². The molecule has 0 saturated carbocycles. The van der Waals surface area contributed by atoms with Gasteiger partial charge in [0.1, 0.15) is 11.6 Å². The number of carbonyl (C=O) groups is 2. The number of nitro groups is 1. The molecule has 0 aliphatic carbocycles. The smallest absolute Gasteiger partial charge is 0.328 e. The van der Waals surface area contributed by atoms with Crippen molar-refractivity contribution in [2.24, 2.45) is 0 Å². The molecule has 2 aliphatic heterocycles. The lowest BCUT2D eigenvalue weighted by molar-refractivity contribution is -0.385. The zero-order valence-electron chi connectivity index (χ0n) is 16.6. The molecule has 164 valence electrons. The van der Waals surface area contributed by atoms with Gasteiger partial charge in [0.05, 0.1) is 42.1 Å². The highest BCUT2D eigenvalue weighted by molar-refractivity contribution is 9.11. The lowest BCUT2D eigenvalue weighted by Crippen LogP contribution is -2.48. The van der Waals surface area contributed by atoms with Crippen LogP contribution in [-0.2, 0) is 22.5 Å². The minimum atomic E-state index is -0.894. The van der Waals surface area contributed by atoms with Crippen molar-refractivity contribution in [3.8, 4) is 11.5 Å². The van der Waals surface area contributed by atoms with E-state index in [0.717, 1.165) is 14.2 Å². The first-order valence-electron chi connectivity index (χ1n) is 9.27. The van der Waals surface area contributed by atoms with Crippen LogP contribution in [0.15, 0.2) is 22.0 Å². The molecule has 10 nitrogen and oxygen atoms in total. The number of fused-ring (bicyclic) bond motifs is 1. The summed E-state index contributed by atoms with van der Waals surface area (Å²) in [5.41, 5.74) is 0.261. The van der Waals surface area contributed by atoms with Crippen LogP contribution in [0.3, 0.4) is 0 Å². The Hall–Kier alpha value is -2.70. The average molecular weight is 512 g/mol. The fraction of sp³-hybridized carbons (Fsp3) is 0.368. The molecule has 0 unspecified atom stereocenters. The fourth-order valence-electron chi connectivity index (χ4n) is 3.40. The minimum Gasteiger partial charge on any atom is -0.493 e. The maximum absolute atomic E-state index is 13.5. The Morgan fingerprint density at radius 3 is 2.58 bits per heavy atom. The molecule has 12 heteroatoms. The van der Waals surface area contributed by atoms with E-state index in [1.165, 1.54) is 42.6 Å². The van der Waals surface area contributed by atoms with E-state index >= 15 is 0 Å². The van der Waals surface area contributed by atoms with Crippen molar-refractivity contribution in [3.05, 3.63) is 48.1 Å². The first kappa shape index (κ1) is 21.5. The Morgan fingerprint density at radius 2 is 1.97 bits per heavy atom. The Morgan fingerprint density at radius 1 is 1.23 bits per heavy atom. The van der Waals surface area contributed by atoms with E-state index in [1.807, 2.05) is 6.07 Å². The molecule has 3 heterocycles. The number of halogens is 1. The van der Waals surface area contributed by atoms with Gasteiger partial charge in [-0.1, -0.05) is 0 Å². The van der Waals surface area contributed by atoms with Gasteiger partial charge < -0.3 is 19.2 Å². The Labute approximate surface area is 189 Å². The fourth-order valence-corrected chi connectivity index (χ4v) is 5.20. The molecule has 1 aromatic carbocycles. The number of nitro benzene ring substituents is 1. The predicted octanol–water partition coefficient (Wildman–Crippen LogP) is 2.78. The molecule has 4 rings (SSSR count). The average Bonchev–Trinajstić information content (AvgIpc) is 3.49. The monoisotopic (exact) mass is 511 g/mol. The van der Waals surface area contributed by atoms with Crippen molar-refractivity contribution in [1.82, 2.24) is 9.96 Å². The first-order valence-corrected chi connectivity index (χ1v) is 10.9. The summed E-state index contributed by atoms with van der Waals surface area (Å²) in [4.78, 5) is 44.9. The highest BCUT2D eigenvalue weighted by Crippen LogP contribution is 2.39. The molecule has 0 radical (unpaired) electrons. The number of amides is 1. The van der Waals surface area contributed by atoms with Gasteiger partial charge in [-0.15, -0.1) is 16.4 Å². The molecule has 0 bridgehead atoms. The second-order valence-corrected chi connectivity index (χ2v) is 9.49. The number of esters is 1. The molecule has 0 N–H and O–H groups in total. The van der Waals surface area contributed by atoms with E-state index in [-0.39, 0.29) is 30.0 Å². The van der Waals surface area contributed by atoms with Crippen LogP contribution in [0.4, 0.5) is 5.69 Å². The summed E-state index contributed by atoms with van der Waals surface area (Å²) in [6.07, 6.45) is 0.269. The highest BCUT2D eigenvalue weighted by Gasteiger charge is 2.39. The first-order chi connectivity index (χ1) is 14.8. The van der Waals surface area contributed by atoms with Gasteiger partial charge in [0, 0.05) is 23.9 Å². The largest absolute Gasteiger partial charge is 0.493 e. The number of ether oxygens (including phenoxy) is 2. The Balaban J connectivity index is 1.75. The van der Waals surface area contributed by atoms with Crippen LogP contribution in [-0.4, -0.2) is 60.1 Å². The second-order valence-electron chi connectivity index (χ2n) is 6.97. The van der Waals surface area contributed by atoms with Gasteiger partial charge in [0.15, 0.2) is 11.5 Å². The molecule has 1 fully saturated rings. The van der Waals surface area contributed by atoms with E-state index in [0.29, 0.717) is 13.1 Å². The van der Waals surface area contributed by atoms with Crippen molar-refractivity contribution in [2.45, 2.75) is 19.0 Å². The number of hydrogen-bond donors (Lipinski definition) is 0. The van der Waals surface area contributed by atoms with Crippen LogP contribution in [0, 0.1) is 10.1 Å². The summed E-state index contributed by atoms with van der Waals surface area (Å²) in [5, 5.41) is 13.4. The molecule has 2 aliphatic rings. The van der Waals surface area contributed by atoms with Gasteiger partial charge in [-0.2, -0.15) is 0 Å². The SMILES string of the molecule is COC(=O)[C@@H]1Cc2sc(Br)cc2CN1C(=O)c1cc(OC)c(ON2CC2)cc1[N+](=O)[O-]. The number of thiophene rings is 1. The van der Waals surface area contributed by atoms with Gasteiger partial charge in [-0.25, -0.2) is 4.79 Å². The van der Waals surface area contributed by atoms with Crippen LogP contribution in [0.2, 0.25) is 0 Å². The summed E-state index contributed by atoms with van der Waals surface area (Å²) >= 11 is 4.91. The second kappa shape index (κ2) is 8.44. The normalized spacial score (nSPS) is 17.6. The summed E-state index contributed by atoms with van der Waals surface area (Å²) in [5.74, 6) is -0.909. The Bertz CT molecular complexity index is 1070. The lowest BCUT2D eigenvalue weighted by atomic mass is 9.99. The van der Waals surface area contributed by atoms with Gasteiger partial charge in [0.25, 0.3) is 11.6 Å². The van der Waals surface area contributed by atoms with E-state index in [1.54, 1.807) is 5.06 Å². The van der Waals surface area contributed by atoms with Crippen molar-refractivity contribution in [2.75, 3.05) is 27.3 Å². The third-order valence-electron chi connectivity index (χ3n) is 5.04. The summed E-state index contributed by atoms with van der Waals surface area (Å²) in [6.45, 7) is 1.52. The summed E-state index contributed by atoms with van der Waals surface area (Å²) in [6, 6.07) is 3.44. The molecule has 31 heavy (non-hydrogen) atoms. The number of methoxy groups -OCH3 is 2. The van der Waals surface area contributed by atoms with Crippen LogP contribution in [0.5, 0.6) is 11.5 Å². The third-order valence-corrected chi connectivity index (χ3v) is 6.74. The summed E-state index contributed by atoms with van der Waals surface area (Å²) in [7, 11) is 2.63. The topological polar surface area (TPSA) is 111 Å². The minimum absolute atomic E-state index is 0.127. The van der Waals surface area contributed by atoms with E-state index in [4.69, 9.17) is 14.3 Å². The molecule has 1 amide bonds. The van der Waals surface area contributed by atoms with Crippen molar-refractivity contribution in [1.29, 1.82) is 0 Å². The number of hydrogen-bond acceptors (Lipinski definition) is 9. The van der Waals surface area contributed by atoms with Crippen molar-refractivity contribution >= 4 is 44.8 Å². The van der Waals surface area contributed by atoms with Crippen molar-refractivity contribution < 1.29 is 28.8 Å². The zero-order chi connectivity index (χ0) is 22.3. The highest BCUT2D eigenvalue weighted by atomic mass is 79.9. The summed E-state index contributed by atoms with van der Waals surface area (Å²) < 4.78 is 11.1. The number of hydroxylamine groups is 2. The van der Waals surface area contributed by atoms with E-state index in [2.05, 4.69) is 15.9 Å². The number of nitrogens with zero attached hydrogens (tertiary/aromatic N) is 3. The standard InChI is InChI=1S/C19H18BrN3O7S/c1-28-14-6-11(12(23(26)27)7-15(14)30-21-3-4-21)18(24)22-9-10-5-17(20)31-16(10)8-13(22)19(25)29-2/h5-7,13H,3-4,8-9H2,1-2H3/t13-/m0/s1. The maximum Gasteiger partial charge on any atom is 0.328 e. The third kappa shape index (κ3) is 4.23. The molecular weight excluding hydrogens is 494 g/mol. The van der Waals surface area contributed by atoms with Gasteiger partial charge in [-0.3, -0.25) is 14.9 Å². The van der Waals surface area contributed by atoms with E-state index < -0.39 is 28.5 Å². The van der Waals surface area contributed by atoms with Crippen molar-refractivity contribution in [3.63, 3.8) is 0 Å². The molecule has 0 spiro atoms. The van der Waals surface area contributed by atoms with Crippen LogP contribution < -0.4 is 9.57 Å². The van der Waals surface area contributed by atoms with Gasteiger partial charge in [0.2, 0.25) is 0 Å². The molecule has 1 saturated heterocycles. The number of rotatable bonds is 6. The Kier molecular flexibility index (Phi) is 5.86. The molecule has 1 aromatic heterocycles. The zero-order valence-corrected chi connectivity index (χ0v) is 19.0. The van der Waals surface area contributed by atoms with E-state index in [9.17, 15) is 19.7 Å².